The van der Waals surface area contributed by atoms with Gasteiger partial charge in [0.1, 0.15) is 22.2 Å². The van der Waals surface area contributed by atoms with Gasteiger partial charge >= 0.3 is 0 Å². The van der Waals surface area contributed by atoms with E-state index in [0.717, 1.165) is 28.6 Å². The Balaban J connectivity index is 1.84. The molecule has 0 radical (unpaired) electrons. The summed E-state index contributed by atoms with van der Waals surface area (Å²) in [5.41, 5.74) is 0. The van der Waals surface area contributed by atoms with Crippen molar-refractivity contribution in [2.45, 2.75) is 30.7 Å². The molecule has 0 aliphatic heterocycles. The van der Waals surface area contributed by atoms with Gasteiger partial charge in [0.25, 0.3) is 0 Å². The average Bonchev–Trinajstić information content (AvgIpc) is 3.15. The van der Waals surface area contributed by atoms with Crippen LogP contribution < -0.4 is 9.47 Å². The minimum absolute atomic E-state index is 0.0111. The Labute approximate surface area is 152 Å². The number of nitrogens with zero attached hydrogens (tertiary/aromatic N) is 1. The lowest BCUT2D eigenvalue weighted by atomic mass is 10.3. The van der Waals surface area contributed by atoms with Gasteiger partial charge in [0.15, 0.2) is 11.5 Å². The highest BCUT2D eigenvalue weighted by atomic mass is 32.2. The van der Waals surface area contributed by atoms with Crippen LogP contribution in [0.3, 0.4) is 0 Å². The molecule has 1 aliphatic rings. The number of halogens is 1. The topological polar surface area (TPSA) is 69.0 Å². The molecule has 8 heteroatoms. The molecular formula is C18H22FNO5S. The molecule has 1 fully saturated rings. The van der Waals surface area contributed by atoms with Crippen LogP contribution in [0.1, 0.15) is 30.8 Å². The predicted molar refractivity (Wildman–Crippen MR) is 93.4 cm³/mol. The van der Waals surface area contributed by atoms with E-state index in [9.17, 15) is 12.8 Å². The third-order valence-corrected chi connectivity index (χ3v) is 6.48. The van der Waals surface area contributed by atoms with Gasteiger partial charge in [0.2, 0.25) is 10.0 Å². The summed E-state index contributed by atoms with van der Waals surface area (Å²) in [7, 11) is 0.0278. The third-order valence-electron chi connectivity index (χ3n) is 4.66. The zero-order chi connectivity index (χ0) is 19.1. The summed E-state index contributed by atoms with van der Waals surface area (Å²) in [6.07, 6.45) is 1.08. The highest BCUT2D eigenvalue weighted by Crippen LogP contribution is 2.47. The fourth-order valence-corrected chi connectivity index (χ4v) is 4.10. The Morgan fingerprint density at radius 3 is 2.42 bits per heavy atom. The number of rotatable bonds is 7. The smallest absolute Gasteiger partial charge is 0.246 e. The van der Waals surface area contributed by atoms with Crippen molar-refractivity contribution >= 4 is 10.0 Å². The summed E-state index contributed by atoms with van der Waals surface area (Å²) in [4.78, 5) is -0.472. The van der Waals surface area contributed by atoms with Crippen LogP contribution in [0.5, 0.6) is 11.5 Å². The zero-order valence-corrected chi connectivity index (χ0v) is 16.0. The van der Waals surface area contributed by atoms with E-state index in [1.165, 1.54) is 21.3 Å². The summed E-state index contributed by atoms with van der Waals surface area (Å²) in [6, 6.07) is 5.76. The molecule has 1 saturated carbocycles. The molecule has 2 aromatic rings. The molecule has 1 heterocycles. The second-order valence-corrected chi connectivity index (χ2v) is 8.54. The second kappa shape index (κ2) is 6.92. The molecule has 26 heavy (non-hydrogen) atoms. The van der Waals surface area contributed by atoms with Crippen LogP contribution in [0.2, 0.25) is 0 Å². The number of methoxy groups -OCH3 is 2. The Kier molecular flexibility index (Phi) is 4.98. The van der Waals surface area contributed by atoms with E-state index in [0.29, 0.717) is 17.6 Å². The van der Waals surface area contributed by atoms with Gasteiger partial charge in [-0.3, -0.25) is 0 Å². The lowest BCUT2D eigenvalue weighted by Crippen LogP contribution is -2.27. The van der Waals surface area contributed by atoms with Gasteiger partial charge in [-0.25, -0.2) is 12.8 Å². The Morgan fingerprint density at radius 1 is 1.23 bits per heavy atom. The first-order chi connectivity index (χ1) is 12.3. The molecule has 0 bridgehead atoms. The summed E-state index contributed by atoms with van der Waals surface area (Å²) in [5, 5.41) is 0. The Morgan fingerprint density at radius 2 is 1.85 bits per heavy atom. The average molecular weight is 383 g/mol. The van der Waals surface area contributed by atoms with E-state index >= 15 is 0 Å². The first-order valence-electron chi connectivity index (χ1n) is 8.24. The molecule has 0 amide bonds. The maximum atomic E-state index is 14.3. The summed E-state index contributed by atoms with van der Waals surface area (Å²) < 4.78 is 56.8. The quantitative estimate of drug-likeness (QED) is 0.733. The van der Waals surface area contributed by atoms with Crippen molar-refractivity contribution < 1.29 is 26.7 Å². The van der Waals surface area contributed by atoms with Gasteiger partial charge in [0, 0.05) is 25.1 Å². The van der Waals surface area contributed by atoms with Gasteiger partial charge in [0.05, 0.1) is 20.8 Å². The van der Waals surface area contributed by atoms with Crippen LogP contribution in [0, 0.1) is 11.7 Å². The van der Waals surface area contributed by atoms with Gasteiger partial charge in [-0.05, 0) is 24.5 Å². The predicted octanol–water partition coefficient (Wildman–Crippen LogP) is 3.38. The molecule has 142 valence electrons. The van der Waals surface area contributed by atoms with Crippen LogP contribution in [-0.2, 0) is 16.6 Å². The van der Waals surface area contributed by atoms with E-state index in [1.807, 2.05) is 6.07 Å². The molecule has 3 rings (SSSR count). The van der Waals surface area contributed by atoms with E-state index in [4.69, 9.17) is 13.9 Å². The highest BCUT2D eigenvalue weighted by molar-refractivity contribution is 7.89. The molecular weight excluding hydrogens is 361 g/mol. The minimum Gasteiger partial charge on any atom is -0.493 e. The van der Waals surface area contributed by atoms with E-state index in [2.05, 4.69) is 6.92 Å². The van der Waals surface area contributed by atoms with Crippen LogP contribution in [0.25, 0.3) is 0 Å². The van der Waals surface area contributed by atoms with Crippen LogP contribution in [-0.4, -0.2) is 34.0 Å². The van der Waals surface area contributed by atoms with Crippen LogP contribution in [0.4, 0.5) is 4.39 Å². The van der Waals surface area contributed by atoms with Gasteiger partial charge < -0.3 is 13.9 Å². The lowest BCUT2D eigenvalue weighted by molar-refractivity contribution is 0.349. The normalized spacial score (nSPS) is 19.6. The number of sulfonamides is 1. The van der Waals surface area contributed by atoms with Crippen molar-refractivity contribution in [2.75, 3.05) is 21.3 Å². The van der Waals surface area contributed by atoms with Gasteiger partial charge in [-0.2, -0.15) is 4.31 Å². The highest BCUT2D eigenvalue weighted by Gasteiger charge is 2.37. The molecule has 0 saturated heterocycles. The molecule has 6 nitrogen and oxygen atoms in total. The first-order valence-corrected chi connectivity index (χ1v) is 9.68. The van der Waals surface area contributed by atoms with Crippen molar-refractivity contribution in [1.82, 2.24) is 4.31 Å². The molecule has 2 unspecified atom stereocenters. The van der Waals surface area contributed by atoms with Gasteiger partial charge in [-0.15, -0.1) is 0 Å². The van der Waals surface area contributed by atoms with E-state index < -0.39 is 20.7 Å². The maximum Gasteiger partial charge on any atom is 0.246 e. The molecule has 0 N–H and O–H groups in total. The molecule has 1 aliphatic carbocycles. The standard InChI is InChI=1S/C18H22FNO5S/c1-11-7-13(11)15-6-5-12(25-15)10-20(2)26(21,22)18-9-17(24-4)16(23-3)8-14(18)19/h5-6,8-9,11,13H,7,10H2,1-4H3. The number of hydrogen-bond acceptors (Lipinski definition) is 5. The SMILES string of the molecule is COc1cc(F)c(S(=O)(=O)N(C)Cc2ccc(C3CC3C)o2)cc1OC. The number of furan rings is 1. The Hall–Kier alpha value is -2.06. The molecule has 0 spiro atoms. The number of hydrogen-bond donors (Lipinski definition) is 0. The Bertz CT molecular complexity index is 908. The molecule has 1 aromatic heterocycles. The van der Waals surface area contributed by atoms with Crippen molar-refractivity contribution in [1.29, 1.82) is 0 Å². The summed E-state index contributed by atoms with van der Waals surface area (Å²) >= 11 is 0. The fourth-order valence-electron chi connectivity index (χ4n) is 2.90. The van der Waals surface area contributed by atoms with Crippen molar-refractivity contribution in [2.24, 2.45) is 5.92 Å². The maximum absolute atomic E-state index is 14.3. The zero-order valence-electron chi connectivity index (χ0n) is 15.2. The lowest BCUT2D eigenvalue weighted by Gasteiger charge is -2.18. The fraction of sp³-hybridized carbons (Fsp3) is 0.444. The minimum atomic E-state index is -4.07. The summed E-state index contributed by atoms with van der Waals surface area (Å²) in [6.45, 7) is 2.15. The van der Waals surface area contributed by atoms with E-state index in [1.54, 1.807) is 6.07 Å². The number of benzene rings is 1. The van der Waals surface area contributed by atoms with Crippen molar-refractivity contribution in [3.63, 3.8) is 0 Å². The van der Waals surface area contributed by atoms with Crippen LogP contribution >= 0.6 is 0 Å². The summed E-state index contributed by atoms with van der Waals surface area (Å²) in [5.74, 6) is 1.76. The van der Waals surface area contributed by atoms with Crippen LogP contribution in [0.15, 0.2) is 33.6 Å². The molecule has 2 atom stereocenters. The number of ether oxygens (including phenoxy) is 2. The van der Waals surface area contributed by atoms with E-state index in [-0.39, 0.29) is 18.0 Å². The van der Waals surface area contributed by atoms with Crippen molar-refractivity contribution in [3.05, 3.63) is 41.6 Å². The second-order valence-electron chi connectivity index (χ2n) is 6.52. The van der Waals surface area contributed by atoms with Crippen molar-refractivity contribution in [3.8, 4) is 11.5 Å². The largest absolute Gasteiger partial charge is 0.493 e. The monoisotopic (exact) mass is 383 g/mol. The first kappa shape index (κ1) is 18.7. The molecule has 1 aromatic carbocycles. The third kappa shape index (κ3) is 3.43. The van der Waals surface area contributed by atoms with Gasteiger partial charge in [-0.1, -0.05) is 6.92 Å².